The van der Waals surface area contributed by atoms with E-state index >= 15 is 0 Å². The van der Waals surface area contributed by atoms with Crippen LogP contribution in [0, 0.1) is 0 Å². The molecule has 0 aromatic heterocycles. The van der Waals surface area contributed by atoms with Crippen molar-refractivity contribution in [1.82, 2.24) is 5.32 Å². The number of aliphatic carboxylic acids is 1. The third-order valence-corrected chi connectivity index (χ3v) is 2.34. The molecule has 1 unspecified atom stereocenters. The molecular formula is C12H16N2O3. The van der Waals surface area contributed by atoms with Crippen LogP contribution >= 0.6 is 0 Å². The number of carbonyl (C=O) groups is 2. The molecule has 0 aliphatic heterocycles. The van der Waals surface area contributed by atoms with Gasteiger partial charge in [-0.15, -0.1) is 0 Å². The standard InChI is InChI=1S/C12H16N2O3/c1-3-9-4-6-10(7-5-9)14-12(17)13-8(2)11(15)16/h4-8H,3H2,1-2H3,(H,15,16)(H2,13,14,17). The lowest BCUT2D eigenvalue weighted by Crippen LogP contribution is -2.40. The zero-order valence-corrected chi connectivity index (χ0v) is 9.86. The lowest BCUT2D eigenvalue weighted by molar-refractivity contribution is -0.138. The normalized spacial score (nSPS) is 11.6. The van der Waals surface area contributed by atoms with Gasteiger partial charge < -0.3 is 15.7 Å². The Balaban J connectivity index is 2.53. The monoisotopic (exact) mass is 236 g/mol. The van der Waals surface area contributed by atoms with E-state index in [1.165, 1.54) is 12.5 Å². The highest BCUT2D eigenvalue weighted by atomic mass is 16.4. The molecule has 92 valence electrons. The second-order valence-electron chi connectivity index (χ2n) is 3.71. The summed E-state index contributed by atoms with van der Waals surface area (Å²) in [6, 6.07) is 5.95. The van der Waals surface area contributed by atoms with E-state index < -0.39 is 18.0 Å². The van der Waals surface area contributed by atoms with Gasteiger partial charge in [-0.05, 0) is 31.0 Å². The number of hydrogen-bond donors (Lipinski definition) is 3. The zero-order valence-electron chi connectivity index (χ0n) is 9.86. The van der Waals surface area contributed by atoms with Gasteiger partial charge in [0.15, 0.2) is 0 Å². The van der Waals surface area contributed by atoms with Gasteiger partial charge in [0.1, 0.15) is 6.04 Å². The summed E-state index contributed by atoms with van der Waals surface area (Å²) in [5.41, 5.74) is 1.81. The fourth-order valence-corrected chi connectivity index (χ4v) is 1.25. The van der Waals surface area contributed by atoms with Crippen LogP contribution in [0.25, 0.3) is 0 Å². The summed E-state index contributed by atoms with van der Waals surface area (Å²) in [6.07, 6.45) is 0.933. The quantitative estimate of drug-likeness (QED) is 0.746. The van der Waals surface area contributed by atoms with Crippen molar-refractivity contribution in [1.29, 1.82) is 0 Å². The topological polar surface area (TPSA) is 78.4 Å². The van der Waals surface area contributed by atoms with Crippen LogP contribution in [-0.2, 0) is 11.2 Å². The van der Waals surface area contributed by atoms with Crippen molar-refractivity contribution in [2.75, 3.05) is 5.32 Å². The maximum atomic E-state index is 11.4. The molecule has 0 aliphatic rings. The Hall–Kier alpha value is -2.04. The molecule has 0 spiro atoms. The summed E-state index contributed by atoms with van der Waals surface area (Å²) >= 11 is 0. The summed E-state index contributed by atoms with van der Waals surface area (Å²) in [4.78, 5) is 21.9. The molecule has 1 atom stereocenters. The average Bonchev–Trinajstić information content (AvgIpc) is 2.29. The number of benzene rings is 1. The van der Waals surface area contributed by atoms with Crippen LogP contribution in [0.4, 0.5) is 10.5 Å². The Morgan fingerprint density at radius 1 is 1.29 bits per heavy atom. The molecule has 0 bridgehead atoms. The van der Waals surface area contributed by atoms with E-state index in [1.807, 2.05) is 19.1 Å². The van der Waals surface area contributed by atoms with Gasteiger partial charge in [-0.1, -0.05) is 19.1 Å². The van der Waals surface area contributed by atoms with E-state index in [0.717, 1.165) is 6.42 Å². The second-order valence-corrected chi connectivity index (χ2v) is 3.71. The summed E-state index contributed by atoms with van der Waals surface area (Å²) in [6.45, 7) is 3.45. The minimum absolute atomic E-state index is 0.524. The molecule has 0 aliphatic carbocycles. The minimum atomic E-state index is -1.07. The van der Waals surface area contributed by atoms with Crippen molar-refractivity contribution in [3.05, 3.63) is 29.8 Å². The number of anilines is 1. The molecule has 0 fully saturated rings. The Kier molecular flexibility index (Phi) is 4.51. The number of aryl methyl sites for hydroxylation is 1. The van der Waals surface area contributed by atoms with Gasteiger partial charge in [0.2, 0.25) is 0 Å². The molecule has 2 amide bonds. The fourth-order valence-electron chi connectivity index (χ4n) is 1.25. The number of urea groups is 1. The first-order valence-corrected chi connectivity index (χ1v) is 5.42. The van der Waals surface area contributed by atoms with Gasteiger partial charge in [0.25, 0.3) is 0 Å². The summed E-state index contributed by atoms with van der Waals surface area (Å²) < 4.78 is 0. The van der Waals surface area contributed by atoms with Crippen LogP contribution in [0.15, 0.2) is 24.3 Å². The second kappa shape index (κ2) is 5.89. The van der Waals surface area contributed by atoms with Crippen LogP contribution in [0.5, 0.6) is 0 Å². The van der Waals surface area contributed by atoms with E-state index in [4.69, 9.17) is 5.11 Å². The van der Waals surface area contributed by atoms with Crippen molar-refractivity contribution in [2.45, 2.75) is 26.3 Å². The van der Waals surface area contributed by atoms with Crippen LogP contribution in [0.1, 0.15) is 19.4 Å². The largest absolute Gasteiger partial charge is 0.480 e. The Morgan fingerprint density at radius 3 is 2.35 bits per heavy atom. The van der Waals surface area contributed by atoms with Crippen molar-refractivity contribution in [2.24, 2.45) is 0 Å². The van der Waals surface area contributed by atoms with E-state index in [9.17, 15) is 9.59 Å². The van der Waals surface area contributed by atoms with Crippen molar-refractivity contribution in [3.63, 3.8) is 0 Å². The Labute approximate surface area is 99.8 Å². The molecule has 0 radical (unpaired) electrons. The van der Waals surface area contributed by atoms with Crippen LogP contribution in [0.3, 0.4) is 0 Å². The predicted octanol–water partition coefficient (Wildman–Crippen LogP) is 1.84. The number of carboxylic acid groups (broad SMARTS) is 1. The average molecular weight is 236 g/mol. The molecule has 5 nitrogen and oxygen atoms in total. The van der Waals surface area contributed by atoms with Crippen LogP contribution in [-0.4, -0.2) is 23.1 Å². The number of nitrogens with one attached hydrogen (secondary N) is 2. The smallest absolute Gasteiger partial charge is 0.325 e. The van der Waals surface area contributed by atoms with Crippen molar-refractivity contribution in [3.8, 4) is 0 Å². The molecule has 0 saturated carbocycles. The Bertz CT molecular complexity index is 401. The van der Waals surface area contributed by atoms with E-state index in [2.05, 4.69) is 10.6 Å². The lowest BCUT2D eigenvalue weighted by Gasteiger charge is -2.10. The first-order valence-electron chi connectivity index (χ1n) is 5.42. The van der Waals surface area contributed by atoms with Gasteiger partial charge in [-0.3, -0.25) is 4.79 Å². The Morgan fingerprint density at radius 2 is 1.88 bits per heavy atom. The number of rotatable bonds is 4. The first kappa shape index (κ1) is 13.0. The van der Waals surface area contributed by atoms with Gasteiger partial charge in [-0.25, -0.2) is 4.79 Å². The lowest BCUT2D eigenvalue weighted by atomic mass is 10.1. The SMILES string of the molecule is CCc1ccc(NC(=O)NC(C)C(=O)O)cc1. The molecular weight excluding hydrogens is 220 g/mol. The highest BCUT2D eigenvalue weighted by Gasteiger charge is 2.13. The van der Waals surface area contributed by atoms with Crippen molar-refractivity contribution >= 4 is 17.7 Å². The molecule has 3 N–H and O–H groups in total. The van der Waals surface area contributed by atoms with Crippen LogP contribution in [0.2, 0.25) is 0 Å². The highest BCUT2D eigenvalue weighted by molar-refractivity contribution is 5.92. The van der Waals surface area contributed by atoms with Gasteiger partial charge in [-0.2, -0.15) is 0 Å². The molecule has 1 rings (SSSR count). The third-order valence-electron chi connectivity index (χ3n) is 2.34. The fraction of sp³-hybridized carbons (Fsp3) is 0.333. The van der Waals surface area contributed by atoms with Gasteiger partial charge in [0.05, 0.1) is 0 Å². The van der Waals surface area contributed by atoms with Gasteiger partial charge >= 0.3 is 12.0 Å². The predicted molar refractivity (Wildman–Crippen MR) is 65.1 cm³/mol. The third kappa shape index (κ3) is 4.14. The van der Waals surface area contributed by atoms with E-state index in [1.54, 1.807) is 12.1 Å². The van der Waals surface area contributed by atoms with Crippen molar-refractivity contribution < 1.29 is 14.7 Å². The number of amides is 2. The summed E-state index contributed by atoms with van der Waals surface area (Å²) in [5.74, 6) is -1.07. The maximum Gasteiger partial charge on any atom is 0.325 e. The highest BCUT2D eigenvalue weighted by Crippen LogP contribution is 2.09. The minimum Gasteiger partial charge on any atom is -0.480 e. The summed E-state index contributed by atoms with van der Waals surface area (Å²) in [5, 5.41) is 13.5. The molecule has 5 heteroatoms. The number of carboxylic acids is 1. The molecule has 17 heavy (non-hydrogen) atoms. The molecule has 1 aromatic rings. The van der Waals surface area contributed by atoms with E-state index in [0.29, 0.717) is 5.69 Å². The molecule has 0 heterocycles. The van der Waals surface area contributed by atoms with Gasteiger partial charge in [0, 0.05) is 5.69 Å². The number of carbonyl (C=O) groups excluding carboxylic acids is 1. The zero-order chi connectivity index (χ0) is 12.8. The molecule has 0 saturated heterocycles. The maximum absolute atomic E-state index is 11.4. The molecule has 1 aromatic carbocycles. The van der Waals surface area contributed by atoms with E-state index in [-0.39, 0.29) is 0 Å². The first-order chi connectivity index (χ1) is 8.02. The number of hydrogen-bond acceptors (Lipinski definition) is 2. The van der Waals surface area contributed by atoms with Crippen LogP contribution < -0.4 is 10.6 Å². The summed E-state index contributed by atoms with van der Waals surface area (Å²) in [7, 11) is 0.